The van der Waals surface area contributed by atoms with Crippen LogP contribution in [-0.4, -0.2) is 28.7 Å². The van der Waals surface area contributed by atoms with Crippen LogP contribution >= 0.6 is 0 Å². The van der Waals surface area contributed by atoms with Crippen LogP contribution < -0.4 is 5.73 Å². The molecule has 0 bridgehead atoms. The number of carboxylic acids is 1. The molecule has 1 atom stereocenters. The molecule has 5 heteroatoms. The van der Waals surface area contributed by atoms with Gasteiger partial charge >= 0.3 is 11.9 Å². The van der Waals surface area contributed by atoms with E-state index in [2.05, 4.69) is 0 Å². The highest BCUT2D eigenvalue weighted by Gasteiger charge is 2.36. The molecule has 0 aromatic rings. The van der Waals surface area contributed by atoms with Crippen LogP contribution in [0, 0.1) is 5.41 Å². The minimum absolute atomic E-state index is 0.101. The molecule has 16 heavy (non-hydrogen) atoms. The predicted octanol–water partition coefficient (Wildman–Crippen LogP) is 1.16. The molecule has 0 saturated carbocycles. The summed E-state index contributed by atoms with van der Waals surface area (Å²) in [6.07, 6.45) is -0.101. The molecule has 0 aliphatic carbocycles. The molecule has 0 amide bonds. The number of hydrogen-bond acceptors (Lipinski definition) is 4. The zero-order valence-corrected chi connectivity index (χ0v) is 10.5. The molecule has 5 nitrogen and oxygen atoms in total. The molecule has 0 fully saturated rings. The molecule has 0 heterocycles. The van der Waals surface area contributed by atoms with Crippen LogP contribution in [0.15, 0.2) is 0 Å². The fourth-order valence-electron chi connectivity index (χ4n) is 0.976. The van der Waals surface area contributed by atoms with Gasteiger partial charge in [0.2, 0.25) is 0 Å². The van der Waals surface area contributed by atoms with E-state index in [1.165, 1.54) is 13.8 Å². The van der Waals surface area contributed by atoms with Crippen molar-refractivity contribution in [3.8, 4) is 0 Å². The Morgan fingerprint density at radius 3 is 2.00 bits per heavy atom. The van der Waals surface area contributed by atoms with Crippen molar-refractivity contribution in [3.63, 3.8) is 0 Å². The molecule has 0 saturated heterocycles. The van der Waals surface area contributed by atoms with Crippen LogP contribution in [0.4, 0.5) is 0 Å². The van der Waals surface area contributed by atoms with Gasteiger partial charge < -0.3 is 15.6 Å². The number of rotatable bonds is 4. The molecule has 94 valence electrons. The molecule has 0 radical (unpaired) electrons. The monoisotopic (exact) mass is 231 g/mol. The third-order valence-electron chi connectivity index (χ3n) is 2.28. The first kappa shape index (κ1) is 14.9. The van der Waals surface area contributed by atoms with Gasteiger partial charge in [0, 0.05) is 6.04 Å². The van der Waals surface area contributed by atoms with Gasteiger partial charge in [-0.05, 0) is 34.6 Å². The van der Waals surface area contributed by atoms with Crippen molar-refractivity contribution in [2.45, 2.75) is 52.7 Å². The number of carboxylic acid groups (broad SMARTS) is 1. The zero-order chi connectivity index (χ0) is 13.1. The van der Waals surface area contributed by atoms with E-state index in [4.69, 9.17) is 15.6 Å². The van der Waals surface area contributed by atoms with E-state index in [0.29, 0.717) is 0 Å². The number of hydrogen-bond donors (Lipinski definition) is 2. The highest BCUT2D eigenvalue weighted by atomic mass is 16.6. The topological polar surface area (TPSA) is 89.6 Å². The van der Waals surface area contributed by atoms with Gasteiger partial charge in [-0.3, -0.25) is 9.59 Å². The maximum absolute atomic E-state index is 11.4. The Bertz CT molecular complexity index is 278. The SMILES string of the molecule is CC(C)(C)OC(=O)C[C@H](N)C(C)(C)C(=O)O. The smallest absolute Gasteiger partial charge is 0.310 e. The van der Waals surface area contributed by atoms with E-state index >= 15 is 0 Å². The first-order valence-corrected chi connectivity index (χ1v) is 5.17. The van der Waals surface area contributed by atoms with E-state index in [-0.39, 0.29) is 6.42 Å². The largest absolute Gasteiger partial charge is 0.481 e. The molecule has 0 aromatic heterocycles. The first-order valence-electron chi connectivity index (χ1n) is 5.17. The quantitative estimate of drug-likeness (QED) is 0.708. The van der Waals surface area contributed by atoms with Crippen LogP contribution in [0.1, 0.15) is 41.0 Å². The lowest BCUT2D eigenvalue weighted by atomic mass is 9.83. The lowest BCUT2D eigenvalue weighted by Gasteiger charge is -2.27. The molecule has 0 spiro atoms. The Morgan fingerprint density at radius 1 is 1.25 bits per heavy atom. The Morgan fingerprint density at radius 2 is 1.69 bits per heavy atom. The average molecular weight is 231 g/mol. The minimum Gasteiger partial charge on any atom is -0.481 e. The maximum atomic E-state index is 11.4. The van der Waals surface area contributed by atoms with Crippen molar-refractivity contribution in [2.75, 3.05) is 0 Å². The number of carbonyl (C=O) groups excluding carboxylic acids is 1. The van der Waals surface area contributed by atoms with Crippen LogP contribution in [0.25, 0.3) is 0 Å². The van der Waals surface area contributed by atoms with Crippen LogP contribution in [-0.2, 0) is 14.3 Å². The summed E-state index contributed by atoms with van der Waals surface area (Å²) in [6.45, 7) is 8.23. The van der Waals surface area contributed by atoms with Crippen LogP contribution in [0.5, 0.6) is 0 Å². The molecule has 0 aliphatic heterocycles. The second-order valence-corrected chi connectivity index (χ2v) is 5.42. The van der Waals surface area contributed by atoms with Gasteiger partial charge in [0.1, 0.15) is 5.60 Å². The minimum atomic E-state index is -1.14. The summed E-state index contributed by atoms with van der Waals surface area (Å²) in [5, 5.41) is 8.93. The average Bonchev–Trinajstić information content (AvgIpc) is 1.99. The van der Waals surface area contributed by atoms with Crippen molar-refractivity contribution >= 4 is 11.9 Å². The van der Waals surface area contributed by atoms with E-state index in [1.54, 1.807) is 20.8 Å². The summed E-state index contributed by atoms with van der Waals surface area (Å²) in [4.78, 5) is 22.3. The van der Waals surface area contributed by atoms with E-state index in [1.807, 2.05) is 0 Å². The fraction of sp³-hybridized carbons (Fsp3) is 0.818. The van der Waals surface area contributed by atoms with Gasteiger partial charge in [0.25, 0.3) is 0 Å². The van der Waals surface area contributed by atoms with Crippen molar-refractivity contribution < 1.29 is 19.4 Å². The second-order valence-electron chi connectivity index (χ2n) is 5.42. The molecule has 0 aliphatic rings. The van der Waals surface area contributed by atoms with E-state index in [9.17, 15) is 9.59 Å². The maximum Gasteiger partial charge on any atom is 0.310 e. The van der Waals surface area contributed by atoms with Gasteiger partial charge in [0.15, 0.2) is 0 Å². The summed E-state index contributed by atoms with van der Waals surface area (Å²) in [6, 6.07) is -0.764. The number of nitrogens with two attached hydrogens (primary N) is 1. The van der Waals surface area contributed by atoms with E-state index in [0.717, 1.165) is 0 Å². The van der Waals surface area contributed by atoms with E-state index < -0.39 is 29.0 Å². The molecule has 0 unspecified atom stereocenters. The molecule has 0 aromatic carbocycles. The molecular formula is C11H21NO4. The third kappa shape index (κ3) is 4.61. The van der Waals surface area contributed by atoms with Gasteiger partial charge in [-0.15, -0.1) is 0 Å². The molecule has 3 N–H and O–H groups in total. The van der Waals surface area contributed by atoms with Gasteiger partial charge in [-0.25, -0.2) is 0 Å². The Kier molecular flexibility index (Phi) is 4.49. The third-order valence-corrected chi connectivity index (χ3v) is 2.28. The predicted molar refractivity (Wildman–Crippen MR) is 59.9 cm³/mol. The van der Waals surface area contributed by atoms with Crippen molar-refractivity contribution in [2.24, 2.45) is 11.1 Å². The Labute approximate surface area is 96.0 Å². The molecule has 0 rings (SSSR count). The van der Waals surface area contributed by atoms with Crippen LogP contribution in [0.2, 0.25) is 0 Å². The van der Waals surface area contributed by atoms with Crippen molar-refractivity contribution in [3.05, 3.63) is 0 Å². The number of esters is 1. The van der Waals surface area contributed by atoms with Gasteiger partial charge in [-0.2, -0.15) is 0 Å². The standard InChI is InChI=1S/C11H21NO4/c1-10(2,3)16-8(13)6-7(12)11(4,5)9(14)15/h7H,6,12H2,1-5H3,(H,14,15)/t7-/m0/s1. The Balaban J connectivity index is 4.41. The lowest BCUT2D eigenvalue weighted by molar-refractivity contribution is -0.157. The Hall–Kier alpha value is -1.10. The summed E-state index contributed by atoms with van der Waals surface area (Å²) in [7, 11) is 0. The number of carbonyl (C=O) groups is 2. The number of ether oxygens (including phenoxy) is 1. The van der Waals surface area contributed by atoms with Gasteiger partial charge in [-0.1, -0.05) is 0 Å². The van der Waals surface area contributed by atoms with Gasteiger partial charge in [0.05, 0.1) is 11.8 Å². The van der Waals surface area contributed by atoms with Crippen molar-refractivity contribution in [1.29, 1.82) is 0 Å². The van der Waals surface area contributed by atoms with Crippen LogP contribution in [0.3, 0.4) is 0 Å². The van der Waals surface area contributed by atoms with Crippen molar-refractivity contribution in [1.82, 2.24) is 0 Å². The second kappa shape index (κ2) is 4.82. The summed E-state index contributed by atoms with van der Waals surface area (Å²) >= 11 is 0. The number of aliphatic carboxylic acids is 1. The zero-order valence-electron chi connectivity index (χ0n) is 10.5. The highest BCUT2D eigenvalue weighted by molar-refractivity contribution is 5.77. The highest BCUT2D eigenvalue weighted by Crippen LogP contribution is 2.22. The lowest BCUT2D eigenvalue weighted by Crippen LogP contribution is -2.45. The normalized spacial score (nSPS) is 14.4. The summed E-state index contributed by atoms with van der Waals surface area (Å²) in [5.74, 6) is -1.50. The fourth-order valence-corrected chi connectivity index (χ4v) is 0.976. The molecular weight excluding hydrogens is 210 g/mol. The summed E-state index contributed by atoms with van der Waals surface area (Å²) in [5.41, 5.74) is 3.97. The summed E-state index contributed by atoms with van der Waals surface area (Å²) < 4.78 is 5.07. The first-order chi connectivity index (χ1) is 6.97.